The van der Waals surface area contributed by atoms with Gasteiger partial charge in [0, 0.05) is 12.1 Å². The molecule has 23 heavy (non-hydrogen) atoms. The summed E-state index contributed by atoms with van der Waals surface area (Å²) in [5.74, 6) is -0.219. The fraction of sp³-hybridized carbons (Fsp3) is 0.556. The Morgan fingerprint density at radius 2 is 1.78 bits per heavy atom. The minimum atomic E-state index is -0.350. The molecule has 0 spiro atoms. The van der Waals surface area contributed by atoms with Crippen LogP contribution in [0.2, 0.25) is 0 Å². The van der Waals surface area contributed by atoms with E-state index in [0.29, 0.717) is 0 Å². The van der Waals surface area contributed by atoms with Crippen molar-refractivity contribution < 1.29 is 9.59 Å². The van der Waals surface area contributed by atoms with Crippen LogP contribution in [0, 0.1) is 0 Å². The number of likely N-dealkylation sites (tertiary alicyclic amines) is 1. The van der Waals surface area contributed by atoms with E-state index in [9.17, 15) is 9.59 Å². The first-order valence-electron chi connectivity index (χ1n) is 8.62. The lowest BCUT2D eigenvalue weighted by molar-refractivity contribution is -0.121. The fourth-order valence-corrected chi connectivity index (χ4v) is 3.71. The molecule has 3 rings (SSSR count). The average Bonchev–Trinajstić information content (AvgIpc) is 3.19. The number of urea groups is 1. The van der Waals surface area contributed by atoms with Crippen LogP contribution >= 0.6 is 0 Å². The molecule has 1 aromatic rings. The lowest BCUT2D eigenvalue weighted by Gasteiger charge is -2.24. The van der Waals surface area contributed by atoms with Crippen molar-refractivity contribution in [2.24, 2.45) is 0 Å². The highest BCUT2D eigenvalue weighted by Crippen LogP contribution is 2.31. The van der Waals surface area contributed by atoms with Gasteiger partial charge in [0.15, 0.2) is 0 Å². The van der Waals surface area contributed by atoms with Gasteiger partial charge in [0.2, 0.25) is 5.91 Å². The molecule has 5 heteroatoms. The summed E-state index contributed by atoms with van der Waals surface area (Å²) in [5, 5.41) is 5.36. The molecule has 1 aromatic carbocycles. The molecule has 0 unspecified atom stereocenters. The third kappa shape index (κ3) is 4.32. The Kier molecular flexibility index (Phi) is 5.28. The quantitative estimate of drug-likeness (QED) is 0.898. The summed E-state index contributed by atoms with van der Waals surface area (Å²) in [4.78, 5) is 26.2. The van der Waals surface area contributed by atoms with E-state index >= 15 is 0 Å². The maximum Gasteiger partial charge on any atom is 0.321 e. The van der Waals surface area contributed by atoms with E-state index in [-0.39, 0.29) is 30.6 Å². The van der Waals surface area contributed by atoms with Gasteiger partial charge < -0.3 is 5.32 Å². The van der Waals surface area contributed by atoms with Crippen molar-refractivity contribution in [2.45, 2.75) is 50.6 Å². The Morgan fingerprint density at radius 1 is 1.04 bits per heavy atom. The molecular weight excluding hydrogens is 290 g/mol. The lowest BCUT2D eigenvalue weighted by Crippen LogP contribution is -2.46. The Bertz CT molecular complexity index is 540. The van der Waals surface area contributed by atoms with Crippen LogP contribution in [-0.2, 0) is 4.79 Å². The summed E-state index contributed by atoms with van der Waals surface area (Å²) in [6, 6.07) is 10.4. The van der Waals surface area contributed by atoms with Gasteiger partial charge in [-0.15, -0.1) is 0 Å². The van der Waals surface area contributed by atoms with Crippen LogP contribution in [0.1, 0.15) is 50.1 Å². The van der Waals surface area contributed by atoms with Crippen LogP contribution in [0.4, 0.5) is 4.79 Å². The van der Waals surface area contributed by atoms with Gasteiger partial charge in [0.25, 0.3) is 0 Å². The zero-order valence-electron chi connectivity index (χ0n) is 13.5. The van der Waals surface area contributed by atoms with Crippen LogP contribution in [0.25, 0.3) is 0 Å². The van der Waals surface area contributed by atoms with Crippen LogP contribution in [0.15, 0.2) is 30.3 Å². The van der Waals surface area contributed by atoms with Crippen molar-refractivity contribution in [1.29, 1.82) is 0 Å². The summed E-state index contributed by atoms with van der Waals surface area (Å²) >= 11 is 0. The average molecular weight is 315 g/mol. The molecule has 2 N–H and O–H groups in total. The molecule has 1 heterocycles. The number of hydrogen-bond donors (Lipinski definition) is 2. The number of nitrogens with one attached hydrogen (secondary N) is 2. The third-order valence-corrected chi connectivity index (χ3v) is 4.84. The number of carbonyl (C=O) groups excluding carboxylic acids is 2. The zero-order chi connectivity index (χ0) is 16.1. The molecule has 0 bridgehead atoms. The molecule has 124 valence electrons. The Hall–Kier alpha value is -1.88. The second-order valence-corrected chi connectivity index (χ2v) is 6.54. The zero-order valence-corrected chi connectivity index (χ0v) is 13.5. The second kappa shape index (κ2) is 7.59. The number of hydrogen-bond acceptors (Lipinski definition) is 3. The normalized spacial score (nSPS) is 22.2. The van der Waals surface area contributed by atoms with Crippen molar-refractivity contribution >= 4 is 11.9 Å². The largest absolute Gasteiger partial charge is 0.335 e. The number of nitrogens with zero attached hydrogens (tertiary/aromatic N) is 1. The number of benzene rings is 1. The van der Waals surface area contributed by atoms with E-state index in [2.05, 4.69) is 27.7 Å². The summed E-state index contributed by atoms with van der Waals surface area (Å²) in [6.45, 7) is 1.18. The van der Waals surface area contributed by atoms with Crippen LogP contribution < -0.4 is 10.6 Å². The van der Waals surface area contributed by atoms with Crippen LogP contribution in [-0.4, -0.2) is 36.0 Å². The van der Waals surface area contributed by atoms with Crippen LogP contribution in [0.3, 0.4) is 0 Å². The van der Waals surface area contributed by atoms with Gasteiger partial charge in [-0.3, -0.25) is 15.0 Å². The highest BCUT2D eigenvalue weighted by Gasteiger charge is 2.28. The SMILES string of the molecule is O=C(CN1CCC[C@@H]1c1ccccc1)NC(=O)NC1CCCC1. The van der Waals surface area contributed by atoms with Gasteiger partial charge in [-0.25, -0.2) is 4.79 Å². The lowest BCUT2D eigenvalue weighted by atomic mass is 10.0. The Balaban J connectivity index is 1.49. The predicted octanol–water partition coefficient (Wildman–Crippen LogP) is 2.59. The number of imide groups is 1. The highest BCUT2D eigenvalue weighted by atomic mass is 16.2. The van der Waals surface area contributed by atoms with Crippen molar-refractivity contribution in [3.8, 4) is 0 Å². The molecule has 1 saturated carbocycles. The summed E-state index contributed by atoms with van der Waals surface area (Å²) < 4.78 is 0. The molecule has 0 radical (unpaired) electrons. The molecule has 0 aromatic heterocycles. The van der Waals surface area contributed by atoms with E-state index in [1.807, 2.05) is 18.2 Å². The van der Waals surface area contributed by atoms with E-state index in [1.165, 1.54) is 5.56 Å². The standard InChI is InChI=1S/C18H25N3O2/c22-17(20-18(23)19-15-9-4-5-10-15)13-21-12-6-11-16(21)14-7-2-1-3-8-14/h1-3,7-8,15-16H,4-6,9-13H2,(H2,19,20,22,23)/t16-/m1/s1. The molecule has 1 saturated heterocycles. The Morgan fingerprint density at radius 3 is 2.52 bits per heavy atom. The molecule has 1 aliphatic heterocycles. The van der Waals surface area contributed by atoms with E-state index in [1.54, 1.807) is 0 Å². The maximum atomic E-state index is 12.1. The topological polar surface area (TPSA) is 61.4 Å². The molecular formula is C18H25N3O2. The summed E-state index contributed by atoms with van der Waals surface area (Å²) in [7, 11) is 0. The Labute approximate surface area is 137 Å². The van der Waals surface area contributed by atoms with Gasteiger partial charge in [-0.1, -0.05) is 43.2 Å². The van der Waals surface area contributed by atoms with Crippen molar-refractivity contribution in [2.75, 3.05) is 13.1 Å². The second-order valence-electron chi connectivity index (χ2n) is 6.54. The first-order valence-corrected chi connectivity index (χ1v) is 8.62. The first-order chi connectivity index (χ1) is 11.2. The molecule has 1 atom stereocenters. The van der Waals surface area contributed by atoms with E-state index in [0.717, 1.165) is 45.1 Å². The number of amides is 3. The van der Waals surface area contributed by atoms with Gasteiger partial charge >= 0.3 is 6.03 Å². The summed E-state index contributed by atoms with van der Waals surface area (Å²) in [5.41, 5.74) is 1.24. The molecule has 2 fully saturated rings. The fourth-order valence-electron chi connectivity index (χ4n) is 3.71. The molecule has 2 aliphatic rings. The number of rotatable bonds is 4. The number of carbonyl (C=O) groups is 2. The van der Waals surface area contributed by atoms with E-state index < -0.39 is 0 Å². The van der Waals surface area contributed by atoms with Gasteiger partial charge in [0.1, 0.15) is 0 Å². The first kappa shape index (κ1) is 16.0. The van der Waals surface area contributed by atoms with Gasteiger partial charge in [0.05, 0.1) is 6.54 Å². The minimum absolute atomic E-state index is 0.219. The molecule has 1 aliphatic carbocycles. The van der Waals surface area contributed by atoms with E-state index in [4.69, 9.17) is 0 Å². The molecule has 5 nitrogen and oxygen atoms in total. The summed E-state index contributed by atoms with van der Waals surface area (Å²) in [6.07, 6.45) is 6.50. The van der Waals surface area contributed by atoms with Gasteiger partial charge in [-0.05, 0) is 37.8 Å². The maximum absolute atomic E-state index is 12.1. The highest BCUT2D eigenvalue weighted by molar-refractivity contribution is 5.95. The van der Waals surface area contributed by atoms with Crippen molar-refractivity contribution in [3.05, 3.63) is 35.9 Å². The minimum Gasteiger partial charge on any atom is -0.335 e. The smallest absolute Gasteiger partial charge is 0.321 e. The van der Waals surface area contributed by atoms with Crippen LogP contribution in [0.5, 0.6) is 0 Å². The third-order valence-electron chi connectivity index (χ3n) is 4.84. The van der Waals surface area contributed by atoms with Crippen molar-refractivity contribution in [1.82, 2.24) is 15.5 Å². The monoisotopic (exact) mass is 315 g/mol. The predicted molar refractivity (Wildman–Crippen MR) is 88.9 cm³/mol. The van der Waals surface area contributed by atoms with Crippen molar-refractivity contribution in [3.63, 3.8) is 0 Å². The molecule has 3 amide bonds. The van der Waals surface area contributed by atoms with Gasteiger partial charge in [-0.2, -0.15) is 0 Å².